The van der Waals surface area contributed by atoms with Gasteiger partial charge in [-0.3, -0.25) is 0 Å². The van der Waals surface area contributed by atoms with Crippen molar-refractivity contribution >= 4 is 17.6 Å². The molecule has 5 heteroatoms. The van der Waals surface area contributed by atoms with E-state index in [2.05, 4.69) is 34.4 Å². The van der Waals surface area contributed by atoms with Crippen LogP contribution in [0.25, 0.3) is 0 Å². The number of hydrogen-bond donors (Lipinski definition) is 3. The summed E-state index contributed by atoms with van der Waals surface area (Å²) < 4.78 is 0. The van der Waals surface area contributed by atoms with Crippen LogP contribution in [-0.4, -0.2) is 22.6 Å². The molecule has 4 N–H and O–H groups in total. The summed E-state index contributed by atoms with van der Waals surface area (Å²) in [6, 6.07) is 2.47. The summed E-state index contributed by atoms with van der Waals surface area (Å²) in [6.07, 6.45) is 3.48. The summed E-state index contributed by atoms with van der Waals surface area (Å²) >= 11 is 0. The van der Waals surface area contributed by atoms with E-state index in [0.29, 0.717) is 12.0 Å². The fraction of sp³-hybridized carbons (Fsp3) is 0.667. The molecule has 5 nitrogen and oxygen atoms in total. The average Bonchev–Trinajstić information content (AvgIpc) is 2.23. The van der Waals surface area contributed by atoms with E-state index < -0.39 is 0 Å². The first-order valence-electron chi connectivity index (χ1n) is 6.32. The molecule has 1 aromatic heterocycles. The Kier molecular flexibility index (Phi) is 3.66. The van der Waals surface area contributed by atoms with Crippen molar-refractivity contribution in [2.45, 2.75) is 39.2 Å². The number of anilines is 3. The van der Waals surface area contributed by atoms with E-state index >= 15 is 0 Å². The lowest BCUT2D eigenvalue weighted by Gasteiger charge is -2.33. The molecule has 0 amide bonds. The zero-order chi connectivity index (χ0) is 12.3. The minimum Gasteiger partial charge on any atom is -0.370 e. The van der Waals surface area contributed by atoms with Gasteiger partial charge in [0.2, 0.25) is 5.95 Å². The Balaban J connectivity index is 1.98. The topological polar surface area (TPSA) is 75.9 Å². The maximum Gasteiger partial charge on any atom is 0.223 e. The summed E-state index contributed by atoms with van der Waals surface area (Å²) in [4.78, 5) is 8.36. The maximum absolute atomic E-state index is 5.69. The van der Waals surface area contributed by atoms with Gasteiger partial charge < -0.3 is 16.4 Å². The zero-order valence-electron chi connectivity index (χ0n) is 10.5. The van der Waals surface area contributed by atoms with Gasteiger partial charge in [0.25, 0.3) is 0 Å². The van der Waals surface area contributed by atoms with Crippen LogP contribution < -0.4 is 16.4 Å². The van der Waals surface area contributed by atoms with Crippen molar-refractivity contribution in [3.63, 3.8) is 0 Å². The first-order valence-corrected chi connectivity index (χ1v) is 6.32. The zero-order valence-corrected chi connectivity index (χ0v) is 10.5. The molecule has 1 aliphatic rings. The Hall–Kier alpha value is -1.52. The maximum atomic E-state index is 5.69. The van der Waals surface area contributed by atoms with Crippen LogP contribution in [0.2, 0.25) is 0 Å². The van der Waals surface area contributed by atoms with Gasteiger partial charge in [0.15, 0.2) is 0 Å². The monoisotopic (exact) mass is 235 g/mol. The molecule has 1 fully saturated rings. The van der Waals surface area contributed by atoms with Crippen LogP contribution in [0.1, 0.15) is 33.1 Å². The molecule has 0 spiro atoms. The number of hydrogen-bond acceptors (Lipinski definition) is 5. The van der Waals surface area contributed by atoms with Crippen molar-refractivity contribution < 1.29 is 0 Å². The highest BCUT2D eigenvalue weighted by molar-refractivity contribution is 5.51. The van der Waals surface area contributed by atoms with Gasteiger partial charge in [-0.15, -0.1) is 0 Å². The molecular formula is C12H21N5. The Morgan fingerprint density at radius 3 is 2.71 bits per heavy atom. The average molecular weight is 235 g/mol. The van der Waals surface area contributed by atoms with Crippen molar-refractivity contribution in [2.75, 3.05) is 22.9 Å². The minimum absolute atomic E-state index is 0.320. The minimum atomic E-state index is 0.320. The summed E-state index contributed by atoms with van der Waals surface area (Å²) in [6.45, 7) is 5.28. The molecule has 1 aromatic rings. The highest BCUT2D eigenvalue weighted by Crippen LogP contribution is 2.29. The van der Waals surface area contributed by atoms with Crippen LogP contribution in [0.4, 0.5) is 17.6 Å². The van der Waals surface area contributed by atoms with Crippen LogP contribution in [0.5, 0.6) is 0 Å². The van der Waals surface area contributed by atoms with Gasteiger partial charge in [-0.2, -0.15) is 9.97 Å². The van der Waals surface area contributed by atoms with E-state index in [1.807, 2.05) is 6.07 Å². The van der Waals surface area contributed by atoms with Gasteiger partial charge in [0, 0.05) is 18.7 Å². The first-order chi connectivity index (χ1) is 8.17. The highest BCUT2D eigenvalue weighted by atomic mass is 15.1. The first kappa shape index (κ1) is 12.0. The number of nitrogen functional groups attached to an aromatic ring is 1. The summed E-state index contributed by atoms with van der Waals surface area (Å²) in [5.41, 5.74) is 5.69. The third-order valence-corrected chi connectivity index (χ3v) is 3.03. The Labute approximate surface area is 102 Å². The van der Waals surface area contributed by atoms with E-state index in [1.54, 1.807) is 0 Å². The molecular weight excluding hydrogens is 214 g/mol. The summed E-state index contributed by atoms with van der Waals surface area (Å²) in [5, 5.41) is 6.62. The number of nitrogens with one attached hydrogen (secondary N) is 2. The highest BCUT2D eigenvalue weighted by Gasteiger charge is 2.25. The van der Waals surface area contributed by atoms with Crippen molar-refractivity contribution in [3.8, 4) is 0 Å². The molecule has 1 saturated carbocycles. The van der Waals surface area contributed by atoms with Crippen LogP contribution in [0.3, 0.4) is 0 Å². The fourth-order valence-electron chi connectivity index (χ4n) is 2.11. The second kappa shape index (κ2) is 5.21. The quantitative estimate of drug-likeness (QED) is 0.728. The number of rotatable bonds is 5. The van der Waals surface area contributed by atoms with Gasteiger partial charge in [-0.05, 0) is 25.2 Å². The van der Waals surface area contributed by atoms with Crippen LogP contribution in [-0.2, 0) is 0 Å². The van der Waals surface area contributed by atoms with Crippen molar-refractivity contribution in [3.05, 3.63) is 6.07 Å². The molecule has 0 aromatic carbocycles. The largest absolute Gasteiger partial charge is 0.370 e. The van der Waals surface area contributed by atoms with Crippen LogP contribution in [0.15, 0.2) is 6.07 Å². The molecule has 17 heavy (non-hydrogen) atoms. The van der Waals surface area contributed by atoms with Gasteiger partial charge in [0.05, 0.1) is 0 Å². The Bertz CT molecular complexity index is 373. The lowest BCUT2D eigenvalue weighted by molar-refractivity contribution is 0.308. The second-order valence-corrected chi connectivity index (χ2v) is 4.84. The SMILES string of the molecule is CCCNc1cc(NC2CC(C)C2)nc(N)n1. The van der Waals surface area contributed by atoms with E-state index in [9.17, 15) is 0 Å². The third-order valence-electron chi connectivity index (χ3n) is 3.03. The van der Waals surface area contributed by atoms with E-state index in [4.69, 9.17) is 5.73 Å². The predicted octanol–water partition coefficient (Wildman–Crippen LogP) is 2.09. The fourth-order valence-corrected chi connectivity index (χ4v) is 2.11. The molecule has 1 aliphatic carbocycles. The van der Waals surface area contributed by atoms with Gasteiger partial charge in [-0.1, -0.05) is 13.8 Å². The van der Waals surface area contributed by atoms with Gasteiger partial charge in [-0.25, -0.2) is 0 Å². The molecule has 0 aliphatic heterocycles. The molecule has 2 rings (SSSR count). The standard InChI is InChI=1S/C12H21N5/c1-3-4-14-10-7-11(17-12(13)16-10)15-9-5-8(2)6-9/h7-9H,3-6H2,1-2H3,(H4,13,14,15,16,17). The van der Waals surface area contributed by atoms with Crippen molar-refractivity contribution in [2.24, 2.45) is 5.92 Å². The lowest BCUT2D eigenvalue weighted by atomic mass is 9.82. The number of nitrogens with zero attached hydrogens (tertiary/aromatic N) is 2. The molecule has 0 unspecified atom stereocenters. The molecule has 1 heterocycles. The molecule has 0 bridgehead atoms. The molecule has 94 valence electrons. The number of aromatic nitrogens is 2. The smallest absolute Gasteiger partial charge is 0.223 e. The predicted molar refractivity (Wildman–Crippen MR) is 71.0 cm³/mol. The van der Waals surface area contributed by atoms with Crippen molar-refractivity contribution in [1.82, 2.24) is 9.97 Å². The van der Waals surface area contributed by atoms with E-state index in [1.165, 1.54) is 12.8 Å². The third kappa shape index (κ3) is 3.22. The Morgan fingerprint density at radius 2 is 2.06 bits per heavy atom. The Morgan fingerprint density at radius 1 is 1.35 bits per heavy atom. The molecule has 0 radical (unpaired) electrons. The molecule has 0 atom stereocenters. The lowest BCUT2D eigenvalue weighted by Crippen LogP contribution is -2.34. The van der Waals surface area contributed by atoms with Crippen LogP contribution in [0, 0.1) is 5.92 Å². The molecule has 0 saturated heterocycles. The van der Waals surface area contributed by atoms with Gasteiger partial charge >= 0.3 is 0 Å². The second-order valence-electron chi connectivity index (χ2n) is 4.84. The normalized spacial score (nSPS) is 22.9. The summed E-state index contributed by atoms with van der Waals surface area (Å²) in [7, 11) is 0. The van der Waals surface area contributed by atoms with E-state index in [-0.39, 0.29) is 0 Å². The van der Waals surface area contributed by atoms with Crippen molar-refractivity contribution in [1.29, 1.82) is 0 Å². The van der Waals surface area contributed by atoms with E-state index in [0.717, 1.165) is 30.5 Å². The van der Waals surface area contributed by atoms with Crippen LogP contribution >= 0.6 is 0 Å². The number of nitrogens with two attached hydrogens (primary N) is 1. The van der Waals surface area contributed by atoms with Gasteiger partial charge in [0.1, 0.15) is 11.6 Å². The summed E-state index contributed by atoms with van der Waals surface area (Å²) in [5.74, 6) is 2.77.